The second-order valence-electron chi connectivity index (χ2n) is 7.73. The van der Waals surface area contributed by atoms with Gasteiger partial charge in [-0.3, -0.25) is 4.79 Å². The van der Waals surface area contributed by atoms with Crippen molar-refractivity contribution in [3.05, 3.63) is 82.9 Å². The number of carbonyl (C=O) groups is 1. The molecule has 3 rings (SSSR count). The van der Waals surface area contributed by atoms with Gasteiger partial charge >= 0.3 is 0 Å². The summed E-state index contributed by atoms with van der Waals surface area (Å²) in [6.07, 6.45) is 5.46. The number of carbonyl (C=O) groups excluding carboxylic acids is 1. The number of benzene rings is 2. The molecule has 0 aliphatic carbocycles. The van der Waals surface area contributed by atoms with Gasteiger partial charge in [-0.1, -0.05) is 26.0 Å². The van der Waals surface area contributed by atoms with Crippen LogP contribution in [0.3, 0.4) is 0 Å². The zero-order valence-corrected chi connectivity index (χ0v) is 17.8. The lowest BCUT2D eigenvalue weighted by atomic mass is 9.93. The molecule has 152 valence electrons. The van der Waals surface area contributed by atoms with E-state index in [-0.39, 0.29) is 11.9 Å². The van der Waals surface area contributed by atoms with E-state index in [9.17, 15) is 4.79 Å². The Morgan fingerprint density at radius 3 is 2.45 bits per heavy atom. The third kappa shape index (κ3) is 4.86. The number of aromatic nitrogens is 2. The Labute approximate surface area is 172 Å². The predicted molar refractivity (Wildman–Crippen MR) is 115 cm³/mol. The molecule has 29 heavy (non-hydrogen) atoms. The third-order valence-corrected chi connectivity index (χ3v) is 5.19. The highest BCUT2D eigenvalue weighted by atomic mass is 16.5. The Balaban J connectivity index is 1.72. The van der Waals surface area contributed by atoms with Gasteiger partial charge in [0.25, 0.3) is 5.91 Å². The molecule has 0 bridgehead atoms. The predicted octanol–water partition coefficient (Wildman–Crippen LogP) is 4.86. The van der Waals surface area contributed by atoms with Crippen molar-refractivity contribution in [3.63, 3.8) is 0 Å². The van der Waals surface area contributed by atoms with Crippen LogP contribution in [0.5, 0.6) is 5.75 Å². The van der Waals surface area contributed by atoms with Crippen molar-refractivity contribution >= 4 is 5.91 Å². The maximum absolute atomic E-state index is 12.8. The van der Waals surface area contributed by atoms with Gasteiger partial charge in [-0.2, -0.15) is 0 Å². The molecule has 0 saturated heterocycles. The maximum Gasteiger partial charge on any atom is 0.251 e. The van der Waals surface area contributed by atoms with E-state index in [0.717, 1.165) is 34.5 Å². The fourth-order valence-corrected chi connectivity index (χ4v) is 3.52. The van der Waals surface area contributed by atoms with Crippen LogP contribution in [-0.4, -0.2) is 22.6 Å². The number of nitrogens with one attached hydrogen (secondary N) is 1. The molecule has 5 heteroatoms. The Hall–Kier alpha value is -3.08. The van der Waals surface area contributed by atoms with Crippen LogP contribution in [0.4, 0.5) is 0 Å². The van der Waals surface area contributed by atoms with Crippen molar-refractivity contribution < 1.29 is 9.53 Å². The van der Waals surface area contributed by atoms with Crippen LogP contribution >= 0.6 is 0 Å². The molecule has 1 heterocycles. The summed E-state index contributed by atoms with van der Waals surface area (Å²) in [6, 6.07) is 11.8. The maximum atomic E-state index is 12.8. The summed E-state index contributed by atoms with van der Waals surface area (Å²) in [5, 5.41) is 3.13. The van der Waals surface area contributed by atoms with Gasteiger partial charge in [-0.25, -0.2) is 4.98 Å². The quantitative estimate of drug-likeness (QED) is 0.626. The van der Waals surface area contributed by atoms with Crippen LogP contribution in [-0.2, 0) is 6.54 Å². The first-order chi connectivity index (χ1) is 13.9. The highest BCUT2D eigenvalue weighted by Crippen LogP contribution is 2.32. The summed E-state index contributed by atoms with van der Waals surface area (Å²) in [5.74, 6) is 1.16. The first-order valence-corrected chi connectivity index (χ1v) is 9.93. The van der Waals surface area contributed by atoms with E-state index in [1.807, 2.05) is 42.0 Å². The molecule has 0 unspecified atom stereocenters. The minimum absolute atomic E-state index is 0.0759. The zero-order chi connectivity index (χ0) is 21.0. The molecular formula is C24H29N3O2. The van der Waals surface area contributed by atoms with Gasteiger partial charge in [0.05, 0.1) is 19.5 Å². The normalized spacial score (nSPS) is 12.1. The van der Waals surface area contributed by atoms with Crippen LogP contribution in [0.15, 0.2) is 55.1 Å². The van der Waals surface area contributed by atoms with Crippen LogP contribution in [0.2, 0.25) is 0 Å². The molecular weight excluding hydrogens is 362 g/mol. The molecule has 0 saturated carbocycles. The largest absolute Gasteiger partial charge is 0.496 e. The van der Waals surface area contributed by atoms with E-state index < -0.39 is 0 Å². The molecule has 1 amide bonds. The lowest BCUT2D eigenvalue weighted by Gasteiger charge is -2.21. The monoisotopic (exact) mass is 391 g/mol. The van der Waals surface area contributed by atoms with Crippen molar-refractivity contribution in [1.82, 2.24) is 14.9 Å². The summed E-state index contributed by atoms with van der Waals surface area (Å²) in [5.41, 5.74) is 5.15. The van der Waals surface area contributed by atoms with Gasteiger partial charge in [-0.05, 0) is 66.3 Å². The molecule has 3 aromatic rings. The van der Waals surface area contributed by atoms with Crippen molar-refractivity contribution in [2.45, 2.75) is 46.2 Å². The lowest BCUT2D eigenvalue weighted by molar-refractivity contribution is 0.0940. The number of aryl methyl sites for hydroxylation is 1. The lowest BCUT2D eigenvalue weighted by Crippen LogP contribution is -2.27. The smallest absolute Gasteiger partial charge is 0.251 e. The zero-order valence-electron chi connectivity index (χ0n) is 17.8. The third-order valence-electron chi connectivity index (χ3n) is 5.19. The molecule has 5 nitrogen and oxygen atoms in total. The molecule has 1 atom stereocenters. The molecule has 0 radical (unpaired) electrons. The fraction of sp³-hybridized carbons (Fsp3) is 0.333. The number of ether oxygens (including phenoxy) is 1. The summed E-state index contributed by atoms with van der Waals surface area (Å²) in [4.78, 5) is 16.8. The minimum atomic E-state index is -0.100. The summed E-state index contributed by atoms with van der Waals surface area (Å²) >= 11 is 0. The fourth-order valence-electron chi connectivity index (χ4n) is 3.52. The summed E-state index contributed by atoms with van der Waals surface area (Å²) < 4.78 is 7.52. The first kappa shape index (κ1) is 20.6. The second kappa shape index (κ2) is 8.95. The van der Waals surface area contributed by atoms with Gasteiger partial charge in [0.2, 0.25) is 0 Å². The number of hydrogen-bond donors (Lipinski definition) is 1. The highest BCUT2D eigenvalue weighted by molar-refractivity contribution is 5.94. The Kier molecular flexibility index (Phi) is 6.37. The second-order valence-corrected chi connectivity index (χ2v) is 7.73. The number of amides is 1. The average molecular weight is 392 g/mol. The van der Waals surface area contributed by atoms with Gasteiger partial charge in [0, 0.05) is 24.5 Å². The molecule has 1 N–H and O–H groups in total. The van der Waals surface area contributed by atoms with E-state index in [1.165, 1.54) is 0 Å². The van der Waals surface area contributed by atoms with E-state index in [0.29, 0.717) is 11.5 Å². The number of rotatable bonds is 7. The Morgan fingerprint density at radius 1 is 1.14 bits per heavy atom. The van der Waals surface area contributed by atoms with Gasteiger partial charge in [0.15, 0.2) is 0 Å². The molecule has 2 aromatic carbocycles. The van der Waals surface area contributed by atoms with Crippen LogP contribution in [0.1, 0.15) is 65.3 Å². The average Bonchev–Trinajstić information content (AvgIpc) is 3.20. The molecule has 0 aliphatic rings. The number of nitrogens with zero attached hydrogens (tertiary/aromatic N) is 2. The van der Waals surface area contributed by atoms with Crippen molar-refractivity contribution in [1.29, 1.82) is 0 Å². The number of imidazole rings is 1. The molecule has 0 spiro atoms. The highest BCUT2D eigenvalue weighted by Gasteiger charge is 2.17. The van der Waals surface area contributed by atoms with Crippen molar-refractivity contribution in [2.24, 2.45) is 0 Å². The van der Waals surface area contributed by atoms with Gasteiger partial charge < -0.3 is 14.6 Å². The summed E-state index contributed by atoms with van der Waals surface area (Å²) in [7, 11) is 1.70. The number of hydrogen-bond acceptors (Lipinski definition) is 3. The summed E-state index contributed by atoms with van der Waals surface area (Å²) in [6.45, 7) is 9.10. The van der Waals surface area contributed by atoms with Gasteiger partial charge in [0.1, 0.15) is 5.75 Å². The standard InChI is InChI=1S/C24H29N3O2/c1-16(2)21-13-22(17(3)12-23(21)29-5)18(4)26-24(28)20-8-6-19(7-9-20)14-27-11-10-25-15-27/h6-13,15-16,18H,14H2,1-5H3,(H,26,28)/t18-/m1/s1. The van der Waals surface area contributed by atoms with Crippen molar-refractivity contribution in [3.8, 4) is 5.75 Å². The minimum Gasteiger partial charge on any atom is -0.496 e. The van der Waals surface area contributed by atoms with E-state index in [4.69, 9.17) is 4.74 Å². The van der Waals surface area contributed by atoms with E-state index >= 15 is 0 Å². The first-order valence-electron chi connectivity index (χ1n) is 9.93. The topological polar surface area (TPSA) is 56.1 Å². The Morgan fingerprint density at radius 2 is 1.86 bits per heavy atom. The molecule has 0 aliphatic heterocycles. The molecule has 0 fully saturated rings. The molecule has 1 aromatic heterocycles. The van der Waals surface area contributed by atoms with Crippen LogP contribution in [0.25, 0.3) is 0 Å². The van der Waals surface area contributed by atoms with E-state index in [1.54, 1.807) is 19.6 Å². The van der Waals surface area contributed by atoms with Gasteiger partial charge in [-0.15, -0.1) is 0 Å². The SMILES string of the molecule is COc1cc(C)c([C@@H](C)NC(=O)c2ccc(Cn3ccnc3)cc2)cc1C(C)C. The van der Waals surface area contributed by atoms with Crippen LogP contribution < -0.4 is 10.1 Å². The van der Waals surface area contributed by atoms with Crippen LogP contribution in [0, 0.1) is 6.92 Å². The van der Waals surface area contributed by atoms with E-state index in [2.05, 4.69) is 43.2 Å². The number of methoxy groups -OCH3 is 1. The van der Waals surface area contributed by atoms with Crippen molar-refractivity contribution in [2.75, 3.05) is 7.11 Å². The Bertz CT molecular complexity index is 961.